The Labute approximate surface area is 164 Å². The van der Waals surface area contributed by atoms with Crippen LogP contribution in [0.3, 0.4) is 0 Å². The van der Waals surface area contributed by atoms with E-state index in [1.165, 1.54) is 43.4 Å². The van der Waals surface area contributed by atoms with Crippen molar-refractivity contribution in [3.63, 3.8) is 0 Å². The van der Waals surface area contributed by atoms with Crippen molar-refractivity contribution < 1.29 is 5.11 Å². The van der Waals surface area contributed by atoms with Gasteiger partial charge in [-0.1, -0.05) is 31.4 Å². The summed E-state index contributed by atoms with van der Waals surface area (Å²) in [5.74, 6) is 1.43. The highest BCUT2D eigenvalue weighted by Gasteiger charge is 2.18. The van der Waals surface area contributed by atoms with Gasteiger partial charge >= 0.3 is 0 Å². The van der Waals surface area contributed by atoms with Crippen LogP contribution in [0, 0.1) is 5.92 Å². The predicted molar refractivity (Wildman–Crippen MR) is 113 cm³/mol. The first-order valence-corrected chi connectivity index (χ1v) is 10.8. The highest BCUT2D eigenvalue weighted by molar-refractivity contribution is 5.80. The summed E-state index contributed by atoms with van der Waals surface area (Å²) in [7, 11) is 0. The van der Waals surface area contributed by atoms with Crippen LogP contribution in [0.25, 0.3) is 0 Å². The fourth-order valence-corrected chi connectivity index (χ4v) is 4.12. The molecular weight excluding hydrogens is 336 g/mol. The maximum Gasteiger partial charge on any atom is 0.191 e. The summed E-state index contributed by atoms with van der Waals surface area (Å²) in [4.78, 5) is 7.22. The predicted octanol–water partition coefficient (Wildman–Crippen LogP) is 3.28. The summed E-state index contributed by atoms with van der Waals surface area (Å²) in [5, 5.41) is 16.3. The lowest BCUT2D eigenvalue weighted by atomic mass is 9.96. The number of hydrogen-bond donors (Lipinski definition) is 3. The van der Waals surface area contributed by atoms with Gasteiger partial charge in [0, 0.05) is 38.0 Å². The van der Waals surface area contributed by atoms with Crippen LogP contribution in [0.4, 0.5) is 5.69 Å². The molecule has 0 bridgehead atoms. The summed E-state index contributed by atoms with van der Waals surface area (Å²) in [5.41, 5.74) is 2.52. The van der Waals surface area contributed by atoms with E-state index in [4.69, 9.17) is 4.99 Å². The molecule has 1 aliphatic heterocycles. The Hall–Kier alpha value is -1.75. The number of nitrogens with zero attached hydrogens (tertiary/aromatic N) is 2. The normalized spacial score (nSPS) is 19.9. The molecular formula is C22H36N4O. The fourth-order valence-electron chi connectivity index (χ4n) is 4.12. The maximum absolute atomic E-state index is 9.29. The number of aliphatic imine (C=N–C) groups is 1. The average Bonchev–Trinajstić information content (AvgIpc) is 2.73. The van der Waals surface area contributed by atoms with E-state index >= 15 is 0 Å². The third-order valence-electron chi connectivity index (χ3n) is 5.88. The van der Waals surface area contributed by atoms with Gasteiger partial charge in [-0.3, -0.25) is 0 Å². The van der Waals surface area contributed by atoms with Crippen LogP contribution >= 0.6 is 0 Å². The molecule has 0 atom stereocenters. The number of guanidine groups is 1. The Balaban J connectivity index is 1.53. The van der Waals surface area contributed by atoms with Crippen LogP contribution in [0.2, 0.25) is 0 Å². The number of hydrogen-bond acceptors (Lipinski definition) is 3. The van der Waals surface area contributed by atoms with Crippen LogP contribution in [0.1, 0.15) is 57.4 Å². The Morgan fingerprint density at radius 3 is 2.41 bits per heavy atom. The molecule has 1 aliphatic carbocycles. The highest BCUT2D eigenvalue weighted by Crippen LogP contribution is 2.23. The number of rotatable bonds is 6. The number of aliphatic hydroxyl groups excluding tert-OH is 1. The Morgan fingerprint density at radius 2 is 1.78 bits per heavy atom. The maximum atomic E-state index is 9.29. The summed E-state index contributed by atoms with van der Waals surface area (Å²) in [6.07, 6.45) is 8.71. The Bertz CT molecular complexity index is 572. The smallest absolute Gasteiger partial charge is 0.191 e. The monoisotopic (exact) mass is 372 g/mol. The minimum absolute atomic E-state index is 0.327. The molecule has 1 aromatic carbocycles. The van der Waals surface area contributed by atoms with Crippen LogP contribution in [-0.2, 0) is 6.54 Å². The van der Waals surface area contributed by atoms with Gasteiger partial charge in [-0.25, -0.2) is 4.99 Å². The minimum Gasteiger partial charge on any atom is -0.396 e. The zero-order valence-corrected chi connectivity index (χ0v) is 16.8. The molecule has 0 amide bonds. The van der Waals surface area contributed by atoms with Crippen LogP contribution in [-0.4, -0.2) is 43.3 Å². The number of benzene rings is 1. The quantitative estimate of drug-likeness (QED) is 0.530. The van der Waals surface area contributed by atoms with Gasteiger partial charge in [0.2, 0.25) is 0 Å². The SMILES string of the molecule is CCNC(=NCc1ccc(N2CCC(CO)CC2)cc1)NC1CCCCC1. The standard InChI is InChI=1S/C22H36N4O/c1-2-23-22(25-20-6-4-3-5-7-20)24-16-18-8-10-21(11-9-18)26-14-12-19(17-27)13-15-26/h8-11,19-20,27H,2-7,12-17H2,1H3,(H2,23,24,25). The van der Waals surface area contributed by atoms with Gasteiger partial charge in [0.05, 0.1) is 6.54 Å². The van der Waals surface area contributed by atoms with Gasteiger partial charge in [-0.05, 0) is 56.2 Å². The third-order valence-corrected chi connectivity index (χ3v) is 5.88. The molecule has 1 saturated carbocycles. The lowest BCUT2D eigenvalue weighted by Crippen LogP contribution is -2.44. The second kappa shape index (κ2) is 10.5. The number of aliphatic hydroxyl groups is 1. The molecule has 0 radical (unpaired) electrons. The minimum atomic E-state index is 0.327. The van der Waals surface area contributed by atoms with E-state index in [1.807, 2.05) is 0 Å². The lowest BCUT2D eigenvalue weighted by Gasteiger charge is -2.32. The number of piperidine rings is 1. The summed E-state index contributed by atoms with van der Waals surface area (Å²) >= 11 is 0. The molecule has 0 aromatic heterocycles. The highest BCUT2D eigenvalue weighted by atomic mass is 16.3. The van der Waals surface area contributed by atoms with E-state index in [-0.39, 0.29) is 0 Å². The van der Waals surface area contributed by atoms with Gasteiger partial charge in [-0.2, -0.15) is 0 Å². The van der Waals surface area contributed by atoms with E-state index in [9.17, 15) is 5.11 Å². The van der Waals surface area contributed by atoms with Gasteiger partial charge in [0.15, 0.2) is 5.96 Å². The molecule has 5 nitrogen and oxygen atoms in total. The van der Waals surface area contributed by atoms with Crippen LogP contribution < -0.4 is 15.5 Å². The van der Waals surface area contributed by atoms with Gasteiger partial charge < -0.3 is 20.6 Å². The topological polar surface area (TPSA) is 59.9 Å². The second-order valence-electron chi connectivity index (χ2n) is 7.95. The van der Waals surface area contributed by atoms with E-state index in [2.05, 4.69) is 46.7 Å². The zero-order chi connectivity index (χ0) is 18.9. The third kappa shape index (κ3) is 6.13. The van der Waals surface area contributed by atoms with Crippen molar-refractivity contribution in [2.24, 2.45) is 10.9 Å². The van der Waals surface area contributed by atoms with E-state index in [0.29, 0.717) is 25.1 Å². The molecule has 1 saturated heterocycles. The lowest BCUT2D eigenvalue weighted by molar-refractivity contribution is 0.203. The molecule has 0 unspecified atom stereocenters. The molecule has 150 valence electrons. The van der Waals surface area contributed by atoms with Crippen molar-refractivity contribution in [3.8, 4) is 0 Å². The zero-order valence-electron chi connectivity index (χ0n) is 16.8. The summed E-state index contributed by atoms with van der Waals surface area (Å²) < 4.78 is 0. The molecule has 27 heavy (non-hydrogen) atoms. The largest absolute Gasteiger partial charge is 0.396 e. The molecule has 3 N–H and O–H groups in total. The molecule has 5 heteroatoms. The number of nitrogens with one attached hydrogen (secondary N) is 2. The first kappa shape index (κ1) is 20.0. The molecule has 1 heterocycles. The Kier molecular flexibility index (Phi) is 7.81. The summed E-state index contributed by atoms with van der Waals surface area (Å²) in [6, 6.07) is 9.39. The molecule has 2 fully saturated rings. The van der Waals surface area contributed by atoms with Crippen LogP contribution in [0.5, 0.6) is 0 Å². The van der Waals surface area contributed by atoms with E-state index in [1.54, 1.807) is 0 Å². The van der Waals surface area contributed by atoms with Crippen molar-refractivity contribution in [2.45, 2.75) is 64.5 Å². The van der Waals surface area contributed by atoms with Crippen molar-refractivity contribution in [1.82, 2.24) is 10.6 Å². The van der Waals surface area contributed by atoms with E-state index in [0.717, 1.165) is 38.4 Å². The van der Waals surface area contributed by atoms with Crippen LogP contribution in [0.15, 0.2) is 29.3 Å². The fraction of sp³-hybridized carbons (Fsp3) is 0.682. The molecule has 2 aliphatic rings. The molecule has 1 aromatic rings. The van der Waals surface area contributed by atoms with Crippen molar-refractivity contribution in [2.75, 3.05) is 31.1 Å². The first-order chi connectivity index (χ1) is 13.3. The summed E-state index contributed by atoms with van der Waals surface area (Å²) in [6.45, 7) is 6.12. The molecule has 3 rings (SSSR count). The first-order valence-electron chi connectivity index (χ1n) is 10.8. The van der Waals surface area contributed by atoms with Crippen molar-refractivity contribution in [1.29, 1.82) is 0 Å². The van der Waals surface area contributed by atoms with E-state index < -0.39 is 0 Å². The second-order valence-corrected chi connectivity index (χ2v) is 7.95. The Morgan fingerprint density at radius 1 is 1.07 bits per heavy atom. The molecule has 0 spiro atoms. The van der Waals surface area contributed by atoms with Gasteiger partial charge in [0.1, 0.15) is 0 Å². The average molecular weight is 373 g/mol. The van der Waals surface area contributed by atoms with Crippen molar-refractivity contribution >= 4 is 11.6 Å². The van der Waals surface area contributed by atoms with Crippen molar-refractivity contribution in [3.05, 3.63) is 29.8 Å². The van der Waals surface area contributed by atoms with Gasteiger partial charge in [-0.15, -0.1) is 0 Å². The van der Waals surface area contributed by atoms with Gasteiger partial charge in [0.25, 0.3) is 0 Å². The number of anilines is 1.